The van der Waals surface area contributed by atoms with Crippen molar-refractivity contribution >= 4 is 22.5 Å². The van der Waals surface area contributed by atoms with Gasteiger partial charge in [0.2, 0.25) is 0 Å². The molecule has 4 nitrogen and oxygen atoms in total. The van der Waals surface area contributed by atoms with Crippen molar-refractivity contribution in [2.45, 2.75) is 31.8 Å². The summed E-state index contributed by atoms with van der Waals surface area (Å²) in [6, 6.07) is 29.5. The van der Waals surface area contributed by atoms with Crippen molar-refractivity contribution in [3.05, 3.63) is 113 Å². The van der Waals surface area contributed by atoms with Crippen LogP contribution in [0.15, 0.2) is 91.1 Å². The molecule has 0 N–H and O–H groups in total. The monoisotopic (exact) mass is 493 g/mol. The van der Waals surface area contributed by atoms with Gasteiger partial charge in [-0.05, 0) is 60.2 Å². The van der Waals surface area contributed by atoms with Crippen LogP contribution in [0.4, 0.5) is 0 Å². The first-order chi connectivity index (χ1) is 17.5. The number of pyridine rings is 1. The first kappa shape index (κ1) is 22.8. The van der Waals surface area contributed by atoms with Crippen molar-refractivity contribution in [2.24, 2.45) is 13.0 Å². The molecule has 2 heterocycles. The largest absolute Gasteiger partial charge is 0.487 e. The standard InChI is InChI=1S/C31H28ClN3O/c1-21-17-31(18-21,23-9-4-3-5-10-23)27-16-25(14-15-26(27)30-34-29(32)19-35(30)2)36-20-24-13-12-22-8-6-7-11-28(22)33-24/h3-16,19,21H,17-18,20H2,1-2H3. The fourth-order valence-corrected chi connectivity index (χ4v) is 5.95. The Morgan fingerprint density at radius 1 is 0.944 bits per heavy atom. The van der Waals surface area contributed by atoms with Crippen LogP contribution < -0.4 is 4.74 Å². The number of benzene rings is 3. The van der Waals surface area contributed by atoms with Gasteiger partial charge in [0.05, 0.1) is 11.2 Å². The van der Waals surface area contributed by atoms with Crippen molar-refractivity contribution in [3.63, 3.8) is 0 Å². The van der Waals surface area contributed by atoms with E-state index in [1.165, 1.54) is 11.1 Å². The Balaban J connectivity index is 1.41. The summed E-state index contributed by atoms with van der Waals surface area (Å²) >= 11 is 6.30. The number of aryl methyl sites for hydroxylation is 1. The first-order valence-electron chi connectivity index (χ1n) is 12.4. The predicted octanol–water partition coefficient (Wildman–Crippen LogP) is 7.58. The maximum absolute atomic E-state index is 6.32. The van der Waals surface area contributed by atoms with Gasteiger partial charge in [0, 0.05) is 29.6 Å². The third-order valence-corrected chi connectivity index (χ3v) is 7.54. The summed E-state index contributed by atoms with van der Waals surface area (Å²) in [6.07, 6.45) is 4.02. The van der Waals surface area contributed by atoms with Crippen LogP contribution in [0.2, 0.25) is 5.15 Å². The molecule has 0 spiro atoms. The lowest BCUT2D eigenvalue weighted by Gasteiger charge is -2.48. The molecule has 0 radical (unpaired) electrons. The van der Waals surface area contributed by atoms with Crippen LogP contribution in [0.3, 0.4) is 0 Å². The minimum absolute atomic E-state index is 0.0883. The molecule has 5 heteroatoms. The number of nitrogens with zero attached hydrogens (tertiary/aromatic N) is 3. The molecule has 1 aliphatic carbocycles. The minimum Gasteiger partial charge on any atom is -0.487 e. The van der Waals surface area contributed by atoms with E-state index in [1.807, 2.05) is 48.1 Å². The number of ether oxygens (including phenoxy) is 1. The summed E-state index contributed by atoms with van der Waals surface area (Å²) in [6.45, 7) is 2.73. The van der Waals surface area contributed by atoms with Crippen LogP contribution in [0.5, 0.6) is 5.75 Å². The van der Waals surface area contributed by atoms with Gasteiger partial charge in [-0.3, -0.25) is 0 Å². The van der Waals surface area contributed by atoms with Crippen molar-refractivity contribution in [1.82, 2.24) is 14.5 Å². The minimum atomic E-state index is -0.0883. The Hall–Kier alpha value is -3.63. The maximum atomic E-state index is 6.32. The van der Waals surface area contributed by atoms with Crippen molar-refractivity contribution in [2.75, 3.05) is 0 Å². The molecule has 36 heavy (non-hydrogen) atoms. The maximum Gasteiger partial charge on any atom is 0.147 e. The van der Waals surface area contributed by atoms with Crippen molar-refractivity contribution < 1.29 is 4.74 Å². The van der Waals surface area contributed by atoms with E-state index in [1.54, 1.807) is 0 Å². The van der Waals surface area contributed by atoms with Gasteiger partial charge in [-0.2, -0.15) is 0 Å². The van der Waals surface area contributed by atoms with Crippen LogP contribution >= 0.6 is 11.6 Å². The van der Waals surface area contributed by atoms with E-state index in [0.29, 0.717) is 17.7 Å². The van der Waals surface area contributed by atoms with Crippen LogP contribution in [-0.2, 0) is 19.1 Å². The normalized spacial score (nSPS) is 19.2. The van der Waals surface area contributed by atoms with Gasteiger partial charge in [0.1, 0.15) is 23.3 Å². The number of hydrogen-bond donors (Lipinski definition) is 0. The quantitative estimate of drug-likeness (QED) is 0.244. The van der Waals surface area contributed by atoms with E-state index in [0.717, 1.165) is 46.6 Å². The molecule has 1 saturated carbocycles. The third-order valence-electron chi connectivity index (χ3n) is 7.36. The van der Waals surface area contributed by atoms with Crippen LogP contribution in [0, 0.1) is 5.92 Å². The Labute approximate surface area is 216 Å². The Morgan fingerprint density at radius 2 is 1.72 bits per heavy atom. The molecular weight excluding hydrogens is 466 g/mol. The highest BCUT2D eigenvalue weighted by Gasteiger charge is 2.46. The van der Waals surface area contributed by atoms with E-state index in [9.17, 15) is 0 Å². The van der Waals surface area contributed by atoms with Gasteiger partial charge in [0.15, 0.2) is 0 Å². The van der Waals surface area contributed by atoms with E-state index in [4.69, 9.17) is 21.3 Å². The smallest absolute Gasteiger partial charge is 0.147 e. The van der Waals surface area contributed by atoms with E-state index in [-0.39, 0.29) is 5.41 Å². The number of rotatable bonds is 6. The fraction of sp³-hybridized carbons (Fsp3) is 0.226. The van der Waals surface area contributed by atoms with Crippen molar-refractivity contribution in [1.29, 1.82) is 0 Å². The topological polar surface area (TPSA) is 39.9 Å². The van der Waals surface area contributed by atoms with E-state index in [2.05, 4.69) is 66.5 Å². The molecule has 5 aromatic rings. The third kappa shape index (κ3) is 4.06. The molecule has 0 saturated heterocycles. The van der Waals surface area contributed by atoms with E-state index >= 15 is 0 Å². The lowest BCUT2D eigenvalue weighted by Crippen LogP contribution is -2.41. The fourth-order valence-electron chi connectivity index (χ4n) is 5.73. The summed E-state index contributed by atoms with van der Waals surface area (Å²) < 4.78 is 8.32. The summed E-state index contributed by atoms with van der Waals surface area (Å²) in [7, 11) is 1.99. The van der Waals surface area contributed by atoms with Gasteiger partial charge < -0.3 is 9.30 Å². The van der Waals surface area contributed by atoms with E-state index < -0.39 is 0 Å². The number of aromatic nitrogens is 3. The Morgan fingerprint density at radius 3 is 2.47 bits per heavy atom. The van der Waals surface area contributed by atoms with Crippen LogP contribution in [-0.4, -0.2) is 14.5 Å². The number of fused-ring (bicyclic) bond motifs is 1. The number of halogens is 1. The Bertz CT molecular complexity index is 1540. The molecular formula is C31H28ClN3O. The highest BCUT2D eigenvalue weighted by atomic mass is 35.5. The average Bonchev–Trinajstić information content (AvgIpc) is 3.23. The molecule has 0 bridgehead atoms. The second kappa shape index (κ2) is 9.11. The number of para-hydroxylation sites is 1. The van der Waals surface area contributed by atoms with Gasteiger partial charge in [0.25, 0.3) is 0 Å². The summed E-state index contributed by atoms with van der Waals surface area (Å²) in [5.41, 5.74) is 5.46. The van der Waals surface area contributed by atoms with Crippen LogP contribution in [0.1, 0.15) is 36.6 Å². The molecule has 3 aromatic carbocycles. The molecule has 1 fully saturated rings. The summed E-state index contributed by atoms with van der Waals surface area (Å²) in [5, 5.41) is 1.63. The molecule has 0 atom stereocenters. The lowest BCUT2D eigenvalue weighted by molar-refractivity contribution is 0.200. The van der Waals surface area contributed by atoms with Gasteiger partial charge in [-0.15, -0.1) is 0 Å². The van der Waals surface area contributed by atoms with Gasteiger partial charge in [-0.25, -0.2) is 9.97 Å². The second-order valence-corrected chi connectivity index (χ2v) is 10.3. The molecule has 1 aliphatic rings. The number of imidazole rings is 1. The van der Waals surface area contributed by atoms with Gasteiger partial charge in [-0.1, -0.05) is 73.1 Å². The summed E-state index contributed by atoms with van der Waals surface area (Å²) in [4.78, 5) is 9.43. The summed E-state index contributed by atoms with van der Waals surface area (Å²) in [5.74, 6) is 2.35. The first-order valence-corrected chi connectivity index (χ1v) is 12.8. The Kier molecular flexibility index (Phi) is 5.77. The zero-order chi connectivity index (χ0) is 24.7. The van der Waals surface area contributed by atoms with Crippen LogP contribution in [0.25, 0.3) is 22.3 Å². The molecule has 0 unspecified atom stereocenters. The van der Waals surface area contributed by atoms with Gasteiger partial charge >= 0.3 is 0 Å². The highest BCUT2D eigenvalue weighted by Crippen LogP contribution is 2.55. The zero-order valence-corrected chi connectivity index (χ0v) is 21.2. The molecule has 6 rings (SSSR count). The predicted molar refractivity (Wildman–Crippen MR) is 145 cm³/mol. The highest BCUT2D eigenvalue weighted by molar-refractivity contribution is 6.29. The average molecular weight is 494 g/mol. The zero-order valence-electron chi connectivity index (χ0n) is 20.5. The second-order valence-electron chi connectivity index (χ2n) is 9.95. The van der Waals surface area contributed by atoms with Crippen molar-refractivity contribution in [3.8, 4) is 17.1 Å². The SMILES string of the molecule is CC1CC(c2ccccc2)(c2cc(OCc3ccc4ccccc4n3)ccc2-c2nc(Cl)cn2C)C1. The molecule has 0 amide bonds. The molecule has 0 aliphatic heterocycles. The molecule has 2 aromatic heterocycles. The number of hydrogen-bond acceptors (Lipinski definition) is 3. The molecule has 180 valence electrons. The lowest BCUT2D eigenvalue weighted by atomic mass is 9.55.